The van der Waals surface area contributed by atoms with Crippen LogP contribution >= 0.6 is 11.8 Å². The van der Waals surface area contributed by atoms with Gasteiger partial charge in [0.1, 0.15) is 23.2 Å². The Balaban J connectivity index is 1.64. The minimum atomic E-state index is -0.301. The number of benzene rings is 1. The third kappa shape index (κ3) is 4.10. The zero-order chi connectivity index (χ0) is 19.4. The van der Waals surface area contributed by atoms with E-state index in [-0.39, 0.29) is 24.0 Å². The molecule has 2 aliphatic heterocycles. The van der Waals surface area contributed by atoms with Crippen LogP contribution in [-0.2, 0) is 9.53 Å². The number of nitrogens with zero attached hydrogens (tertiary/aromatic N) is 3. The average molecular weight is 387 g/mol. The van der Waals surface area contributed by atoms with Crippen LogP contribution in [-0.4, -0.2) is 63.2 Å². The zero-order valence-corrected chi connectivity index (χ0v) is 16.3. The van der Waals surface area contributed by atoms with Gasteiger partial charge in [0.25, 0.3) is 0 Å². The number of thioether (sulfide) groups is 1. The second-order valence-electron chi connectivity index (χ2n) is 6.46. The van der Waals surface area contributed by atoms with E-state index in [1.54, 1.807) is 11.8 Å². The smallest absolute Gasteiger partial charge is 0.410 e. The second-order valence-corrected chi connectivity index (χ2v) is 7.49. The molecule has 0 saturated carbocycles. The van der Waals surface area contributed by atoms with Crippen LogP contribution in [0.1, 0.15) is 6.92 Å². The maximum atomic E-state index is 12.8. The van der Waals surface area contributed by atoms with Crippen molar-refractivity contribution >= 4 is 29.3 Å². The number of hydrogen-bond acceptors (Lipinski definition) is 6. The summed E-state index contributed by atoms with van der Waals surface area (Å²) in [5, 5.41) is 10.3. The number of ether oxygens (including phenoxy) is 1. The first kappa shape index (κ1) is 19.3. The minimum Gasteiger partial charge on any atom is -0.450 e. The number of anilines is 1. The molecule has 1 saturated heterocycles. The highest BCUT2D eigenvalue weighted by Crippen LogP contribution is 2.45. The highest BCUT2D eigenvalue weighted by atomic mass is 32.2. The van der Waals surface area contributed by atoms with Crippen molar-refractivity contribution < 1.29 is 19.2 Å². The first-order valence-electron chi connectivity index (χ1n) is 8.98. The molecule has 0 aliphatic carbocycles. The van der Waals surface area contributed by atoms with E-state index in [0.717, 1.165) is 15.5 Å². The molecule has 0 aromatic heterocycles. The molecule has 8 heteroatoms. The Morgan fingerprint density at radius 1 is 1.30 bits per heavy atom. The van der Waals surface area contributed by atoms with Gasteiger partial charge >= 0.3 is 6.09 Å². The molecule has 1 N–H and O–H groups in total. The highest BCUT2D eigenvalue weighted by molar-refractivity contribution is 8.03. The Morgan fingerprint density at radius 3 is 2.63 bits per heavy atom. The Labute approximate surface area is 163 Å². The van der Waals surface area contributed by atoms with Crippen LogP contribution in [0.5, 0.6) is 0 Å². The number of ketones is 1. The normalized spacial score (nSPS) is 18.7. The molecule has 27 heavy (non-hydrogen) atoms. The molecule has 2 aliphatic rings. The lowest BCUT2D eigenvalue weighted by Gasteiger charge is -2.31. The van der Waals surface area contributed by atoms with Crippen LogP contribution in [0, 0.1) is 11.3 Å². The van der Waals surface area contributed by atoms with Gasteiger partial charge in [0.2, 0.25) is 5.78 Å². The minimum absolute atomic E-state index is 0.153. The molecule has 142 valence electrons. The first-order chi connectivity index (χ1) is 13.0. The number of fused-ring (bicyclic) bond motifs is 1. The fourth-order valence-corrected chi connectivity index (χ4v) is 4.42. The Bertz CT molecular complexity index is 809. The van der Waals surface area contributed by atoms with E-state index >= 15 is 0 Å². The van der Waals surface area contributed by atoms with E-state index in [4.69, 9.17) is 4.74 Å². The maximum absolute atomic E-state index is 12.8. The van der Waals surface area contributed by atoms with Crippen LogP contribution in [0.2, 0.25) is 0 Å². The van der Waals surface area contributed by atoms with Crippen LogP contribution < -0.4 is 9.80 Å². The number of amides is 1. The van der Waals surface area contributed by atoms with Gasteiger partial charge in [-0.05, 0) is 19.1 Å². The van der Waals surface area contributed by atoms with Crippen molar-refractivity contribution in [3.63, 3.8) is 0 Å². The largest absolute Gasteiger partial charge is 0.450 e. The second kappa shape index (κ2) is 8.46. The predicted octanol–water partition coefficient (Wildman–Crippen LogP) is 0.890. The van der Waals surface area contributed by atoms with E-state index in [9.17, 15) is 14.9 Å². The zero-order valence-electron chi connectivity index (χ0n) is 15.5. The molecule has 0 spiro atoms. The SMILES string of the molecule is CCOC(=O)N1CC[NH+](CC(=O)/C(C#N)=C2\Sc3ccccc3N2C)CC1. The molecule has 0 radical (unpaired) electrons. The lowest BCUT2D eigenvalue weighted by atomic mass is 10.1. The van der Waals surface area contributed by atoms with E-state index < -0.39 is 0 Å². The Morgan fingerprint density at radius 2 is 2.00 bits per heavy atom. The van der Waals surface area contributed by atoms with Gasteiger partial charge < -0.3 is 14.5 Å². The summed E-state index contributed by atoms with van der Waals surface area (Å²) < 4.78 is 5.02. The molecule has 0 unspecified atom stereocenters. The molecule has 1 aromatic carbocycles. The predicted molar refractivity (Wildman–Crippen MR) is 103 cm³/mol. The molecule has 7 nitrogen and oxygen atoms in total. The van der Waals surface area contributed by atoms with E-state index in [1.165, 1.54) is 11.8 Å². The summed E-state index contributed by atoms with van der Waals surface area (Å²) in [5.74, 6) is -0.153. The third-order valence-corrected chi connectivity index (χ3v) is 5.99. The highest BCUT2D eigenvalue weighted by Gasteiger charge is 2.31. The van der Waals surface area contributed by atoms with Crippen LogP contribution in [0.15, 0.2) is 39.8 Å². The maximum Gasteiger partial charge on any atom is 0.410 e. The molecule has 2 heterocycles. The summed E-state index contributed by atoms with van der Waals surface area (Å²) >= 11 is 1.46. The fourth-order valence-electron chi connectivity index (χ4n) is 3.26. The summed E-state index contributed by atoms with van der Waals surface area (Å²) in [5.41, 5.74) is 1.22. The number of nitrogens with one attached hydrogen (secondary N) is 1. The number of rotatable bonds is 4. The molecule has 1 aromatic rings. The van der Waals surface area contributed by atoms with Gasteiger partial charge in [0.15, 0.2) is 0 Å². The third-order valence-electron chi connectivity index (χ3n) is 4.75. The average Bonchev–Trinajstić information content (AvgIpc) is 3.00. The lowest BCUT2D eigenvalue weighted by Crippen LogP contribution is -3.15. The molecule has 3 rings (SSSR count). The first-order valence-corrected chi connectivity index (χ1v) is 9.80. The van der Waals surface area contributed by atoms with Crippen molar-refractivity contribution in [3.05, 3.63) is 34.9 Å². The molecule has 1 amide bonds. The summed E-state index contributed by atoms with van der Waals surface area (Å²) in [6.07, 6.45) is -0.301. The van der Waals surface area contributed by atoms with Crippen molar-refractivity contribution in [2.45, 2.75) is 11.8 Å². The van der Waals surface area contributed by atoms with Gasteiger partial charge in [-0.15, -0.1) is 0 Å². The lowest BCUT2D eigenvalue weighted by molar-refractivity contribution is -0.895. The Kier molecular flexibility index (Phi) is 6.04. The summed E-state index contributed by atoms with van der Waals surface area (Å²) in [6, 6.07) is 9.97. The number of piperazine rings is 1. The van der Waals surface area contributed by atoms with E-state index in [0.29, 0.717) is 37.8 Å². The molecule has 0 bridgehead atoms. The number of quaternary nitrogens is 1. The van der Waals surface area contributed by atoms with Crippen molar-refractivity contribution in [3.8, 4) is 6.07 Å². The number of hydrogen-bond donors (Lipinski definition) is 1. The van der Waals surface area contributed by atoms with Gasteiger partial charge in [-0.1, -0.05) is 23.9 Å². The number of Topliss-reactive ketones (excluding diaryl/α,β-unsaturated/α-hetero) is 1. The summed E-state index contributed by atoms with van der Waals surface area (Å²) in [7, 11) is 1.88. The van der Waals surface area contributed by atoms with Crippen LogP contribution in [0.25, 0.3) is 0 Å². The molecule has 0 atom stereocenters. The fraction of sp³-hybridized carbons (Fsp3) is 0.421. The van der Waals surface area contributed by atoms with Crippen molar-refractivity contribution in [1.29, 1.82) is 5.26 Å². The van der Waals surface area contributed by atoms with Crippen LogP contribution in [0.3, 0.4) is 0 Å². The molecular formula is C19H23N4O3S+. The summed E-state index contributed by atoms with van der Waals surface area (Å²) in [4.78, 5) is 30.3. The number of carbonyl (C=O) groups is 2. The quantitative estimate of drug-likeness (QED) is 0.611. The number of carbonyl (C=O) groups excluding carboxylic acids is 2. The van der Waals surface area contributed by atoms with Gasteiger partial charge in [0, 0.05) is 11.9 Å². The molecular weight excluding hydrogens is 364 g/mol. The number of nitriles is 1. The topological polar surface area (TPSA) is 78.1 Å². The van der Waals surface area contributed by atoms with Gasteiger partial charge in [-0.3, -0.25) is 9.69 Å². The Hall–Kier alpha value is -2.50. The number of para-hydroxylation sites is 1. The van der Waals surface area contributed by atoms with E-state index in [2.05, 4.69) is 6.07 Å². The van der Waals surface area contributed by atoms with Gasteiger partial charge in [-0.2, -0.15) is 5.26 Å². The van der Waals surface area contributed by atoms with E-state index in [1.807, 2.05) is 36.2 Å². The molecule has 1 fully saturated rings. The van der Waals surface area contributed by atoms with Crippen molar-refractivity contribution in [2.75, 3.05) is 51.3 Å². The standard InChI is InChI=1S/C19H22N4O3S/c1-3-26-19(25)23-10-8-22(9-11-23)13-16(24)14(12-20)18-21(2)15-6-4-5-7-17(15)27-18/h4-7H,3,8-11,13H2,1-2H3/p+1/b18-14-. The monoisotopic (exact) mass is 387 g/mol. The van der Waals surface area contributed by atoms with Crippen LogP contribution in [0.4, 0.5) is 10.5 Å². The van der Waals surface area contributed by atoms with Gasteiger partial charge in [-0.25, -0.2) is 4.79 Å². The van der Waals surface area contributed by atoms with Crippen molar-refractivity contribution in [2.24, 2.45) is 0 Å². The van der Waals surface area contributed by atoms with Crippen molar-refractivity contribution in [1.82, 2.24) is 4.90 Å². The summed E-state index contributed by atoms with van der Waals surface area (Å²) in [6.45, 7) is 4.85. The van der Waals surface area contributed by atoms with Gasteiger partial charge in [0.05, 0.1) is 38.5 Å².